The van der Waals surface area contributed by atoms with Gasteiger partial charge in [-0.05, 0) is 118 Å². The highest BCUT2D eigenvalue weighted by atomic mass is 16.2. The van der Waals surface area contributed by atoms with Crippen LogP contribution in [-0.4, -0.2) is 23.4 Å². The van der Waals surface area contributed by atoms with Gasteiger partial charge in [-0.2, -0.15) is 0 Å². The third kappa shape index (κ3) is 3.07. The number of rotatable bonds is 2. The van der Waals surface area contributed by atoms with Crippen molar-refractivity contribution in [2.24, 2.45) is 46.8 Å². The van der Waals surface area contributed by atoms with Crippen LogP contribution in [-0.2, 0) is 4.79 Å². The molecule has 0 aromatic carbocycles. The molecule has 5 fully saturated rings. The molecule has 9 atom stereocenters. The number of hydrogen-bond acceptors (Lipinski definition) is 1. The molecule has 0 N–H and O–H groups in total. The number of hydrogen-bond donors (Lipinski definition) is 0. The van der Waals surface area contributed by atoms with Crippen LogP contribution >= 0.6 is 0 Å². The van der Waals surface area contributed by atoms with Crippen LogP contribution in [0.25, 0.3) is 0 Å². The van der Waals surface area contributed by atoms with E-state index in [1.807, 2.05) is 0 Å². The number of carbonyl (C=O) groups is 1. The van der Waals surface area contributed by atoms with Crippen LogP contribution in [0.1, 0.15) is 97.8 Å². The van der Waals surface area contributed by atoms with Crippen LogP contribution < -0.4 is 0 Å². The number of amides is 1. The van der Waals surface area contributed by atoms with Gasteiger partial charge in [-0.25, -0.2) is 0 Å². The van der Waals surface area contributed by atoms with Gasteiger partial charge in [0.05, 0.1) is 0 Å². The first kappa shape index (κ1) is 19.4. The van der Waals surface area contributed by atoms with Crippen LogP contribution in [0.5, 0.6) is 0 Å². The summed E-state index contributed by atoms with van der Waals surface area (Å²) in [6, 6.07) is 0.472. The van der Waals surface area contributed by atoms with Crippen molar-refractivity contribution in [2.45, 2.75) is 104 Å². The summed E-state index contributed by atoms with van der Waals surface area (Å²) in [6.45, 7) is 8.48. The average molecular weight is 386 g/mol. The number of nitrogens with zero attached hydrogens (tertiary/aromatic N) is 1. The molecule has 0 spiro atoms. The van der Waals surface area contributed by atoms with Crippen molar-refractivity contribution in [1.82, 2.24) is 4.90 Å². The molecule has 4 saturated carbocycles. The average Bonchev–Trinajstić information content (AvgIpc) is 3.00. The smallest absolute Gasteiger partial charge is 0.222 e. The summed E-state index contributed by atoms with van der Waals surface area (Å²) >= 11 is 0. The van der Waals surface area contributed by atoms with Gasteiger partial charge in [0.2, 0.25) is 5.91 Å². The first-order chi connectivity index (χ1) is 13.5. The van der Waals surface area contributed by atoms with E-state index in [0.717, 1.165) is 60.8 Å². The van der Waals surface area contributed by atoms with E-state index in [-0.39, 0.29) is 0 Å². The highest BCUT2D eigenvalue weighted by Crippen LogP contribution is 2.64. The van der Waals surface area contributed by atoms with Gasteiger partial charge < -0.3 is 4.90 Å². The number of fused-ring (bicyclic) bond motifs is 5. The number of likely N-dealkylation sites (tertiary alicyclic amines) is 1. The van der Waals surface area contributed by atoms with E-state index in [4.69, 9.17) is 0 Å². The minimum atomic E-state index is 0.441. The minimum absolute atomic E-state index is 0.441. The quantitative estimate of drug-likeness (QED) is 0.547. The zero-order valence-electron chi connectivity index (χ0n) is 18.7. The van der Waals surface area contributed by atoms with E-state index in [2.05, 4.69) is 25.7 Å². The van der Waals surface area contributed by atoms with Crippen molar-refractivity contribution in [3.05, 3.63) is 0 Å². The predicted octanol–water partition coefficient (Wildman–Crippen LogP) is 6.29. The van der Waals surface area contributed by atoms with E-state index in [1.54, 1.807) is 0 Å². The van der Waals surface area contributed by atoms with Crippen molar-refractivity contribution in [1.29, 1.82) is 0 Å². The van der Waals surface area contributed by atoms with E-state index in [9.17, 15) is 4.79 Å². The SMILES string of the molecule is C[C@H]1CC[C@@H]2C3CC[C@@]4(C)C(CC[C@@H]4CN4C(=O)CCC[C@H]4C)[C@@H]3CC[C@@H]2C1. The zero-order chi connectivity index (χ0) is 19.5. The van der Waals surface area contributed by atoms with Gasteiger partial charge in [0.25, 0.3) is 0 Å². The minimum Gasteiger partial charge on any atom is -0.340 e. The molecule has 5 aliphatic rings. The molecule has 5 rings (SSSR count). The fourth-order valence-corrected chi connectivity index (χ4v) is 9.11. The molecule has 1 saturated heterocycles. The first-order valence-corrected chi connectivity index (χ1v) is 12.8. The molecule has 1 heterocycles. The molecule has 4 aliphatic carbocycles. The molecule has 1 amide bonds. The Balaban J connectivity index is 1.31. The second kappa shape index (κ2) is 7.31. The maximum atomic E-state index is 12.6. The summed E-state index contributed by atoms with van der Waals surface area (Å²) in [5.74, 6) is 7.29. The van der Waals surface area contributed by atoms with Gasteiger partial charge in [-0.15, -0.1) is 0 Å². The van der Waals surface area contributed by atoms with Crippen molar-refractivity contribution in [2.75, 3.05) is 6.54 Å². The van der Waals surface area contributed by atoms with Crippen LogP contribution in [0.15, 0.2) is 0 Å². The number of piperidine rings is 1. The molecule has 158 valence electrons. The van der Waals surface area contributed by atoms with Gasteiger partial charge in [0.1, 0.15) is 0 Å². The molecule has 1 aliphatic heterocycles. The zero-order valence-corrected chi connectivity index (χ0v) is 18.7. The number of carbonyl (C=O) groups excluding carboxylic acids is 1. The Labute approximate surface area is 173 Å². The molecule has 0 aromatic rings. The van der Waals surface area contributed by atoms with Crippen LogP contribution in [0.2, 0.25) is 0 Å². The third-order valence-electron chi connectivity index (χ3n) is 10.7. The standard InChI is InChI=1S/C26H43NO/c1-17-7-10-21-19(15-17)8-11-23-22(21)13-14-26(3)20(9-12-24(23)26)16-27-18(2)5-4-6-25(27)28/h17-24H,4-16H2,1-3H3/t17-,18+,19+,20+,21-,22?,23+,24?,26+/m0/s1. The predicted molar refractivity (Wildman–Crippen MR) is 115 cm³/mol. The highest BCUT2D eigenvalue weighted by Gasteiger charge is 2.57. The fraction of sp³-hybridized carbons (Fsp3) is 0.962. The second-order valence-corrected chi connectivity index (χ2v) is 12.0. The molecule has 0 bridgehead atoms. The summed E-state index contributed by atoms with van der Waals surface area (Å²) < 4.78 is 0. The van der Waals surface area contributed by atoms with Gasteiger partial charge in [0.15, 0.2) is 0 Å². The summed E-state index contributed by atoms with van der Waals surface area (Å²) in [6.07, 6.45) is 16.5. The van der Waals surface area contributed by atoms with Gasteiger partial charge in [0, 0.05) is 19.0 Å². The summed E-state index contributed by atoms with van der Waals surface area (Å²) in [7, 11) is 0. The Morgan fingerprint density at radius 2 is 1.75 bits per heavy atom. The lowest BCUT2D eigenvalue weighted by molar-refractivity contribution is -0.138. The molecule has 0 aromatic heterocycles. The van der Waals surface area contributed by atoms with Crippen molar-refractivity contribution in [3.63, 3.8) is 0 Å². The lowest BCUT2D eigenvalue weighted by Gasteiger charge is -2.56. The van der Waals surface area contributed by atoms with Gasteiger partial charge in [-0.3, -0.25) is 4.79 Å². The fourth-order valence-electron chi connectivity index (χ4n) is 9.11. The summed E-state index contributed by atoms with van der Waals surface area (Å²) in [5, 5.41) is 0. The molecule has 2 nitrogen and oxygen atoms in total. The van der Waals surface area contributed by atoms with E-state index in [1.165, 1.54) is 64.2 Å². The van der Waals surface area contributed by atoms with Crippen LogP contribution in [0, 0.1) is 46.8 Å². The molecular formula is C26H43NO. The Morgan fingerprint density at radius 3 is 2.57 bits per heavy atom. The van der Waals surface area contributed by atoms with Crippen LogP contribution in [0.3, 0.4) is 0 Å². The molecule has 0 radical (unpaired) electrons. The highest BCUT2D eigenvalue weighted by molar-refractivity contribution is 5.77. The van der Waals surface area contributed by atoms with Gasteiger partial charge >= 0.3 is 0 Å². The van der Waals surface area contributed by atoms with Gasteiger partial charge in [-0.1, -0.05) is 20.3 Å². The van der Waals surface area contributed by atoms with E-state index >= 15 is 0 Å². The van der Waals surface area contributed by atoms with Crippen molar-refractivity contribution < 1.29 is 4.79 Å². The Kier molecular flexibility index (Phi) is 5.07. The molecule has 2 heteroatoms. The normalized spacial score (nSPS) is 51.4. The third-order valence-corrected chi connectivity index (χ3v) is 10.7. The lowest BCUT2D eigenvalue weighted by atomic mass is 9.49. The van der Waals surface area contributed by atoms with E-state index in [0.29, 0.717) is 17.4 Å². The second-order valence-electron chi connectivity index (χ2n) is 12.0. The Bertz CT molecular complexity index is 601. The summed E-state index contributed by atoms with van der Waals surface area (Å²) in [5.41, 5.74) is 0.507. The lowest BCUT2D eigenvalue weighted by Crippen LogP contribution is -2.51. The maximum Gasteiger partial charge on any atom is 0.222 e. The van der Waals surface area contributed by atoms with Crippen molar-refractivity contribution in [3.8, 4) is 0 Å². The first-order valence-electron chi connectivity index (χ1n) is 12.8. The van der Waals surface area contributed by atoms with Crippen molar-refractivity contribution >= 4 is 5.91 Å². The molecular weight excluding hydrogens is 342 g/mol. The summed E-state index contributed by atoms with van der Waals surface area (Å²) in [4.78, 5) is 14.9. The molecule has 2 unspecified atom stereocenters. The monoisotopic (exact) mass is 385 g/mol. The Hall–Kier alpha value is -0.530. The van der Waals surface area contributed by atoms with Crippen LogP contribution in [0.4, 0.5) is 0 Å². The maximum absolute atomic E-state index is 12.6. The Morgan fingerprint density at radius 1 is 0.929 bits per heavy atom. The largest absolute Gasteiger partial charge is 0.340 e. The molecule has 28 heavy (non-hydrogen) atoms. The van der Waals surface area contributed by atoms with E-state index < -0.39 is 0 Å². The topological polar surface area (TPSA) is 20.3 Å².